The highest BCUT2D eigenvalue weighted by atomic mass is 19.4. The van der Waals surface area contributed by atoms with Gasteiger partial charge in [0.25, 0.3) is 0 Å². The number of hydrogen-bond acceptors (Lipinski definition) is 1. The van der Waals surface area contributed by atoms with E-state index in [-0.39, 0.29) is 12.8 Å². The summed E-state index contributed by atoms with van der Waals surface area (Å²) in [5.41, 5.74) is 0. The van der Waals surface area contributed by atoms with Crippen LogP contribution in [0, 0.1) is 17.2 Å². The van der Waals surface area contributed by atoms with Gasteiger partial charge in [-0.2, -0.15) is 13.2 Å². The highest BCUT2D eigenvalue weighted by Crippen LogP contribution is 2.36. The molecule has 2 rings (SSSR count). The lowest BCUT2D eigenvalue weighted by molar-refractivity contribution is -0.183. The molecule has 0 aromatic rings. The van der Waals surface area contributed by atoms with Crippen LogP contribution in [0.5, 0.6) is 0 Å². The summed E-state index contributed by atoms with van der Waals surface area (Å²) in [6, 6.07) is 0. The van der Waals surface area contributed by atoms with E-state index in [0.717, 1.165) is 12.8 Å². The van der Waals surface area contributed by atoms with Crippen molar-refractivity contribution in [3.8, 4) is 0 Å². The van der Waals surface area contributed by atoms with Crippen LogP contribution < -0.4 is 0 Å². The second kappa shape index (κ2) is 3.68. The van der Waals surface area contributed by atoms with Crippen LogP contribution in [0.25, 0.3) is 0 Å². The smallest absolute Gasteiger partial charge is 0.360 e. The number of nitrogens with one attached hydrogen (secondary N) is 1. The molecule has 0 unspecified atom stereocenters. The minimum atomic E-state index is -4.05. The number of rotatable bonds is 1. The lowest BCUT2D eigenvalue weighted by Gasteiger charge is -2.34. The standard InChI is InChI=1S/C10H15F3N2/c11-10(12,13)8-3-5-15(6-4-8)9(14)7-1-2-7/h7-8,14H,1-6H2. The Hall–Kier alpha value is -0.740. The van der Waals surface area contributed by atoms with Gasteiger partial charge in [-0.3, -0.25) is 5.41 Å². The molecule has 1 aliphatic carbocycles. The first kappa shape index (κ1) is 10.8. The maximum absolute atomic E-state index is 12.4. The van der Waals surface area contributed by atoms with Crippen LogP contribution in [0.2, 0.25) is 0 Å². The minimum absolute atomic E-state index is 0.151. The predicted molar refractivity (Wildman–Crippen MR) is 50.8 cm³/mol. The van der Waals surface area contributed by atoms with Crippen molar-refractivity contribution < 1.29 is 13.2 Å². The second-order valence-corrected chi connectivity index (χ2v) is 4.46. The molecule has 0 radical (unpaired) electrons. The van der Waals surface area contributed by atoms with Gasteiger partial charge in [-0.25, -0.2) is 0 Å². The third-order valence-corrected chi connectivity index (χ3v) is 3.26. The molecule has 0 aromatic carbocycles. The molecular weight excluding hydrogens is 205 g/mol. The van der Waals surface area contributed by atoms with E-state index in [1.807, 2.05) is 4.90 Å². The first-order valence-electron chi connectivity index (χ1n) is 5.38. The zero-order valence-electron chi connectivity index (χ0n) is 8.48. The fourth-order valence-electron chi connectivity index (χ4n) is 2.06. The maximum Gasteiger partial charge on any atom is 0.391 e. The largest absolute Gasteiger partial charge is 0.391 e. The number of hydrogen-bond donors (Lipinski definition) is 1. The van der Waals surface area contributed by atoms with Crippen molar-refractivity contribution in [3.63, 3.8) is 0 Å². The lowest BCUT2D eigenvalue weighted by atomic mass is 9.96. The number of amidine groups is 1. The van der Waals surface area contributed by atoms with E-state index >= 15 is 0 Å². The third-order valence-electron chi connectivity index (χ3n) is 3.26. The summed E-state index contributed by atoms with van der Waals surface area (Å²) in [6.45, 7) is 0.805. The summed E-state index contributed by atoms with van der Waals surface area (Å²) >= 11 is 0. The van der Waals surface area contributed by atoms with Crippen molar-refractivity contribution in [2.24, 2.45) is 11.8 Å². The van der Waals surface area contributed by atoms with Gasteiger partial charge < -0.3 is 4.90 Å². The van der Waals surface area contributed by atoms with Crippen LogP contribution in [0.4, 0.5) is 13.2 Å². The van der Waals surface area contributed by atoms with Crippen LogP contribution in [-0.4, -0.2) is 30.0 Å². The van der Waals surface area contributed by atoms with Gasteiger partial charge >= 0.3 is 6.18 Å². The van der Waals surface area contributed by atoms with Gasteiger partial charge in [0, 0.05) is 19.0 Å². The molecule has 0 bridgehead atoms. The predicted octanol–water partition coefficient (Wildman–Crippen LogP) is 2.65. The topological polar surface area (TPSA) is 27.1 Å². The van der Waals surface area contributed by atoms with E-state index in [1.54, 1.807) is 0 Å². The van der Waals surface area contributed by atoms with Crippen molar-refractivity contribution in [1.29, 1.82) is 5.41 Å². The average Bonchev–Trinajstić information content (AvgIpc) is 2.99. The first-order valence-corrected chi connectivity index (χ1v) is 5.38. The molecule has 1 saturated carbocycles. The normalized spacial score (nSPS) is 24.3. The van der Waals surface area contributed by atoms with Crippen LogP contribution in [0.3, 0.4) is 0 Å². The lowest BCUT2D eigenvalue weighted by Crippen LogP contribution is -2.42. The second-order valence-electron chi connectivity index (χ2n) is 4.46. The van der Waals surface area contributed by atoms with Gasteiger partial charge in [0.05, 0.1) is 11.8 Å². The van der Waals surface area contributed by atoms with Crippen LogP contribution in [-0.2, 0) is 0 Å². The van der Waals surface area contributed by atoms with Crippen LogP contribution in [0.15, 0.2) is 0 Å². The number of alkyl halides is 3. The van der Waals surface area contributed by atoms with Crippen LogP contribution in [0.1, 0.15) is 25.7 Å². The quantitative estimate of drug-likeness (QED) is 0.533. The molecule has 1 saturated heterocycles. The van der Waals surface area contributed by atoms with Gasteiger partial charge in [-0.1, -0.05) is 0 Å². The van der Waals surface area contributed by atoms with Gasteiger partial charge in [0.1, 0.15) is 0 Å². The molecule has 0 atom stereocenters. The van der Waals surface area contributed by atoms with Crippen molar-refractivity contribution in [1.82, 2.24) is 4.90 Å². The van der Waals surface area contributed by atoms with Crippen molar-refractivity contribution in [3.05, 3.63) is 0 Å². The molecule has 15 heavy (non-hydrogen) atoms. The summed E-state index contributed by atoms with van der Waals surface area (Å²) in [5, 5.41) is 7.77. The molecule has 0 amide bonds. The Bertz CT molecular complexity index is 250. The summed E-state index contributed by atoms with van der Waals surface area (Å²) in [7, 11) is 0. The first-order chi connectivity index (χ1) is 6.98. The number of nitrogens with zero attached hydrogens (tertiary/aromatic N) is 1. The van der Waals surface area contributed by atoms with Gasteiger partial charge in [-0.15, -0.1) is 0 Å². The Morgan fingerprint density at radius 3 is 2.00 bits per heavy atom. The fourth-order valence-corrected chi connectivity index (χ4v) is 2.06. The number of halogens is 3. The SMILES string of the molecule is N=C(C1CC1)N1CCC(C(F)(F)F)CC1. The van der Waals surface area contributed by atoms with E-state index in [9.17, 15) is 13.2 Å². The van der Waals surface area contributed by atoms with Gasteiger partial charge in [0.15, 0.2) is 0 Å². The van der Waals surface area contributed by atoms with Crippen molar-refractivity contribution >= 4 is 5.84 Å². The molecule has 1 aliphatic heterocycles. The van der Waals surface area contributed by atoms with Crippen molar-refractivity contribution in [2.75, 3.05) is 13.1 Å². The van der Waals surface area contributed by atoms with E-state index < -0.39 is 12.1 Å². The Balaban J connectivity index is 1.83. The molecule has 2 fully saturated rings. The molecule has 2 nitrogen and oxygen atoms in total. The third kappa shape index (κ3) is 2.44. The average molecular weight is 220 g/mol. The number of likely N-dealkylation sites (tertiary alicyclic amines) is 1. The highest BCUT2D eigenvalue weighted by Gasteiger charge is 2.42. The summed E-state index contributed by atoms with van der Waals surface area (Å²) in [6.07, 6.45) is -1.67. The van der Waals surface area contributed by atoms with E-state index in [0.29, 0.717) is 24.8 Å². The van der Waals surface area contributed by atoms with E-state index in [4.69, 9.17) is 5.41 Å². The van der Waals surface area contributed by atoms with Gasteiger partial charge in [-0.05, 0) is 25.7 Å². The Morgan fingerprint density at radius 2 is 1.60 bits per heavy atom. The summed E-state index contributed by atoms with van der Waals surface area (Å²) in [5.74, 6) is -0.246. The molecule has 2 aliphatic rings. The fraction of sp³-hybridized carbons (Fsp3) is 0.900. The summed E-state index contributed by atoms with van der Waals surface area (Å²) < 4.78 is 37.1. The molecule has 1 heterocycles. The van der Waals surface area contributed by atoms with Crippen LogP contribution >= 0.6 is 0 Å². The number of piperidine rings is 1. The van der Waals surface area contributed by atoms with Gasteiger partial charge in [0.2, 0.25) is 0 Å². The molecule has 0 spiro atoms. The molecule has 86 valence electrons. The highest BCUT2D eigenvalue weighted by molar-refractivity contribution is 5.83. The Kier molecular flexibility index (Phi) is 2.64. The molecule has 5 heteroatoms. The zero-order valence-corrected chi connectivity index (χ0v) is 8.48. The van der Waals surface area contributed by atoms with E-state index in [2.05, 4.69) is 0 Å². The Morgan fingerprint density at radius 1 is 1.07 bits per heavy atom. The molecular formula is C10H15F3N2. The minimum Gasteiger partial charge on any atom is -0.360 e. The maximum atomic E-state index is 12.4. The Labute approximate surface area is 87.0 Å². The van der Waals surface area contributed by atoms with Crippen molar-refractivity contribution in [2.45, 2.75) is 31.9 Å². The molecule has 1 N–H and O–H groups in total. The van der Waals surface area contributed by atoms with E-state index in [1.165, 1.54) is 0 Å². The summed E-state index contributed by atoms with van der Waals surface area (Å²) in [4.78, 5) is 1.82. The molecule has 0 aromatic heterocycles. The zero-order chi connectivity index (χ0) is 11.1. The monoisotopic (exact) mass is 220 g/mol.